The van der Waals surface area contributed by atoms with Crippen molar-refractivity contribution in [1.82, 2.24) is 4.57 Å². The molecule has 3 nitrogen and oxygen atoms in total. The van der Waals surface area contributed by atoms with E-state index in [0.29, 0.717) is 0 Å². The van der Waals surface area contributed by atoms with Gasteiger partial charge < -0.3 is 9.88 Å². The van der Waals surface area contributed by atoms with Gasteiger partial charge in [-0.05, 0) is 38.5 Å². The Morgan fingerprint density at radius 3 is 2.61 bits per heavy atom. The monoisotopic (exact) mass is 262 g/mol. The molecule has 0 aliphatic rings. The van der Waals surface area contributed by atoms with Crippen molar-refractivity contribution in [3.63, 3.8) is 0 Å². The predicted molar refractivity (Wildman–Crippen MR) is 77.5 cm³/mol. The molecule has 2 aromatic heterocycles. The smallest absolute Gasteiger partial charge is 0.250 e. The maximum Gasteiger partial charge on any atom is 0.250 e. The van der Waals surface area contributed by atoms with Gasteiger partial charge in [-0.1, -0.05) is 0 Å². The van der Waals surface area contributed by atoms with E-state index >= 15 is 0 Å². The number of thiophene rings is 1. The first-order valence-corrected chi connectivity index (χ1v) is 6.79. The Kier molecular flexibility index (Phi) is 3.57. The standard InChI is InChI=1S/C14H18N2OS/c1-9-7-13(11(3)18-9)10(2)15-12-5-6-14(17)16(4)8-12/h5-8,10,15H,1-4H3. The number of aryl methyl sites for hydroxylation is 3. The molecule has 0 aliphatic carbocycles. The first-order chi connectivity index (χ1) is 8.47. The lowest BCUT2D eigenvalue weighted by Gasteiger charge is -2.15. The molecule has 0 radical (unpaired) electrons. The number of rotatable bonds is 3. The van der Waals surface area contributed by atoms with Crippen LogP contribution < -0.4 is 10.9 Å². The maximum absolute atomic E-state index is 11.3. The van der Waals surface area contributed by atoms with Crippen LogP contribution in [0.15, 0.2) is 29.2 Å². The van der Waals surface area contributed by atoms with Gasteiger partial charge in [-0.25, -0.2) is 0 Å². The summed E-state index contributed by atoms with van der Waals surface area (Å²) in [5.74, 6) is 0. The molecule has 4 heteroatoms. The van der Waals surface area contributed by atoms with Crippen LogP contribution >= 0.6 is 11.3 Å². The van der Waals surface area contributed by atoms with Gasteiger partial charge in [-0.3, -0.25) is 4.79 Å². The zero-order valence-electron chi connectivity index (χ0n) is 11.2. The Balaban J connectivity index is 2.21. The molecule has 0 fully saturated rings. The Hall–Kier alpha value is -1.55. The summed E-state index contributed by atoms with van der Waals surface area (Å²) in [4.78, 5) is 14.0. The fourth-order valence-corrected chi connectivity index (χ4v) is 3.11. The van der Waals surface area contributed by atoms with Gasteiger partial charge in [0.2, 0.25) is 5.56 Å². The highest BCUT2D eigenvalue weighted by molar-refractivity contribution is 7.12. The van der Waals surface area contributed by atoms with Crippen molar-refractivity contribution in [2.45, 2.75) is 26.8 Å². The van der Waals surface area contributed by atoms with Crippen LogP contribution in [-0.4, -0.2) is 4.57 Å². The van der Waals surface area contributed by atoms with Crippen molar-refractivity contribution in [2.24, 2.45) is 7.05 Å². The van der Waals surface area contributed by atoms with E-state index in [1.807, 2.05) is 23.6 Å². The van der Waals surface area contributed by atoms with Crippen molar-refractivity contribution < 1.29 is 0 Å². The molecule has 0 aliphatic heterocycles. The van der Waals surface area contributed by atoms with Gasteiger partial charge in [0.05, 0.1) is 5.69 Å². The second kappa shape index (κ2) is 4.98. The highest BCUT2D eigenvalue weighted by Crippen LogP contribution is 2.28. The first-order valence-electron chi connectivity index (χ1n) is 5.97. The summed E-state index contributed by atoms with van der Waals surface area (Å²) in [5, 5.41) is 3.43. The third kappa shape index (κ3) is 2.64. The number of hydrogen-bond donors (Lipinski definition) is 1. The SMILES string of the molecule is Cc1cc(C(C)Nc2ccc(=O)n(C)c2)c(C)s1. The number of anilines is 1. The van der Waals surface area contributed by atoms with Crippen molar-refractivity contribution in [2.75, 3.05) is 5.32 Å². The van der Waals surface area contributed by atoms with Crippen molar-refractivity contribution >= 4 is 17.0 Å². The molecule has 0 saturated carbocycles. The van der Waals surface area contributed by atoms with E-state index < -0.39 is 0 Å². The van der Waals surface area contributed by atoms with Gasteiger partial charge in [0, 0.05) is 35.1 Å². The molecule has 1 N–H and O–H groups in total. The van der Waals surface area contributed by atoms with Crippen LogP contribution in [0, 0.1) is 13.8 Å². The summed E-state index contributed by atoms with van der Waals surface area (Å²) in [6.07, 6.45) is 1.83. The van der Waals surface area contributed by atoms with E-state index in [9.17, 15) is 4.79 Å². The van der Waals surface area contributed by atoms with Crippen LogP contribution in [0.25, 0.3) is 0 Å². The van der Waals surface area contributed by atoms with Gasteiger partial charge in [0.15, 0.2) is 0 Å². The quantitative estimate of drug-likeness (QED) is 0.921. The number of hydrogen-bond acceptors (Lipinski definition) is 3. The molecule has 2 aromatic rings. The molecule has 0 aromatic carbocycles. The minimum absolute atomic E-state index is 0.00996. The molecule has 0 spiro atoms. The molecule has 0 saturated heterocycles. The van der Waals surface area contributed by atoms with Crippen molar-refractivity contribution in [1.29, 1.82) is 0 Å². The zero-order valence-corrected chi connectivity index (χ0v) is 12.0. The zero-order chi connectivity index (χ0) is 13.3. The minimum Gasteiger partial charge on any atom is -0.377 e. The van der Waals surface area contributed by atoms with Crippen molar-refractivity contribution in [3.8, 4) is 0 Å². The summed E-state index contributed by atoms with van der Waals surface area (Å²) >= 11 is 1.82. The average Bonchev–Trinajstić information content (AvgIpc) is 2.63. The molecule has 18 heavy (non-hydrogen) atoms. The third-order valence-corrected chi connectivity index (χ3v) is 4.00. The fourth-order valence-electron chi connectivity index (χ4n) is 2.09. The van der Waals surface area contributed by atoms with Crippen LogP contribution in [0.3, 0.4) is 0 Å². The highest BCUT2D eigenvalue weighted by Gasteiger charge is 2.11. The molecule has 1 atom stereocenters. The summed E-state index contributed by atoms with van der Waals surface area (Å²) in [5.41, 5.74) is 2.30. The molecule has 0 amide bonds. The van der Waals surface area contributed by atoms with Gasteiger partial charge in [-0.2, -0.15) is 0 Å². The van der Waals surface area contributed by atoms with Crippen LogP contribution in [0.5, 0.6) is 0 Å². The first kappa shape index (κ1) is 12.9. The highest BCUT2D eigenvalue weighted by atomic mass is 32.1. The molecule has 2 rings (SSSR count). The van der Waals surface area contributed by atoms with E-state index in [1.165, 1.54) is 15.3 Å². The average molecular weight is 262 g/mol. The maximum atomic E-state index is 11.3. The van der Waals surface area contributed by atoms with Crippen LogP contribution in [0.4, 0.5) is 5.69 Å². The van der Waals surface area contributed by atoms with E-state index in [4.69, 9.17) is 0 Å². The van der Waals surface area contributed by atoms with Gasteiger partial charge in [0.1, 0.15) is 0 Å². The minimum atomic E-state index is 0.00996. The lowest BCUT2D eigenvalue weighted by Crippen LogP contribution is -2.16. The summed E-state index contributed by atoms with van der Waals surface area (Å²) in [7, 11) is 1.76. The van der Waals surface area contributed by atoms with E-state index in [1.54, 1.807) is 17.7 Å². The number of nitrogens with zero attached hydrogens (tertiary/aromatic N) is 1. The van der Waals surface area contributed by atoms with Gasteiger partial charge in [-0.15, -0.1) is 11.3 Å². The van der Waals surface area contributed by atoms with Crippen LogP contribution in [-0.2, 0) is 7.05 Å². The number of nitrogens with one attached hydrogen (secondary N) is 1. The Labute approximate surface area is 111 Å². The molecule has 96 valence electrons. The van der Waals surface area contributed by atoms with E-state index in [-0.39, 0.29) is 11.6 Å². The summed E-state index contributed by atoms with van der Waals surface area (Å²) < 4.78 is 1.58. The second-order valence-corrected chi connectivity index (χ2v) is 6.06. The van der Waals surface area contributed by atoms with Gasteiger partial charge in [0.25, 0.3) is 0 Å². The van der Waals surface area contributed by atoms with Gasteiger partial charge >= 0.3 is 0 Å². The predicted octanol–water partition coefficient (Wildman–Crippen LogP) is 3.24. The topological polar surface area (TPSA) is 34.0 Å². The summed E-state index contributed by atoms with van der Waals surface area (Å²) in [6, 6.07) is 5.88. The number of pyridine rings is 1. The lowest BCUT2D eigenvalue weighted by atomic mass is 10.1. The van der Waals surface area contributed by atoms with Crippen LogP contribution in [0.2, 0.25) is 0 Å². The second-order valence-electron chi connectivity index (χ2n) is 4.60. The lowest BCUT2D eigenvalue weighted by molar-refractivity contribution is 0.839. The third-order valence-electron chi connectivity index (χ3n) is 3.01. The molecule has 1 unspecified atom stereocenters. The van der Waals surface area contributed by atoms with E-state index in [0.717, 1.165) is 5.69 Å². The Morgan fingerprint density at radius 1 is 1.33 bits per heavy atom. The molecule has 0 bridgehead atoms. The largest absolute Gasteiger partial charge is 0.377 e. The van der Waals surface area contributed by atoms with E-state index in [2.05, 4.69) is 32.2 Å². The Morgan fingerprint density at radius 2 is 2.06 bits per heavy atom. The molecular weight excluding hydrogens is 244 g/mol. The Bertz CT molecular complexity index is 612. The van der Waals surface area contributed by atoms with Crippen molar-refractivity contribution in [3.05, 3.63) is 50.1 Å². The number of aromatic nitrogens is 1. The normalized spacial score (nSPS) is 12.4. The fraction of sp³-hybridized carbons (Fsp3) is 0.357. The molecular formula is C14H18N2OS. The van der Waals surface area contributed by atoms with Crippen LogP contribution in [0.1, 0.15) is 28.3 Å². The summed E-state index contributed by atoms with van der Waals surface area (Å²) in [6.45, 7) is 6.41. The molecule has 2 heterocycles.